The van der Waals surface area contributed by atoms with Gasteiger partial charge in [-0.3, -0.25) is 24.6 Å². The largest absolute Gasteiger partial charge is 0.466 e. The molecule has 0 aliphatic carbocycles. The molecule has 0 bridgehead atoms. The van der Waals surface area contributed by atoms with Gasteiger partial charge in [0.25, 0.3) is 17.5 Å². The maximum atomic E-state index is 14.3. The number of aliphatic imine (C=N–C) groups is 1. The second-order valence-corrected chi connectivity index (χ2v) is 6.74. The monoisotopic (exact) mass is 429 g/mol. The van der Waals surface area contributed by atoms with Gasteiger partial charge >= 0.3 is 5.97 Å². The van der Waals surface area contributed by atoms with Crippen molar-refractivity contribution in [3.63, 3.8) is 0 Å². The summed E-state index contributed by atoms with van der Waals surface area (Å²) >= 11 is 0.696. The van der Waals surface area contributed by atoms with E-state index in [-0.39, 0.29) is 27.0 Å². The van der Waals surface area contributed by atoms with Crippen molar-refractivity contribution in [3.8, 4) is 0 Å². The Morgan fingerprint density at radius 2 is 1.87 bits per heavy atom. The van der Waals surface area contributed by atoms with E-state index in [1.807, 2.05) is 0 Å². The third-order valence-electron chi connectivity index (χ3n) is 3.87. The number of hydrogen-bond donors (Lipinski definition) is 0. The van der Waals surface area contributed by atoms with Gasteiger partial charge in [-0.15, -0.1) is 0 Å². The number of carbonyl (C=O) groups excluding carboxylic acids is 3. The summed E-state index contributed by atoms with van der Waals surface area (Å²) < 4.78 is 18.8. The molecule has 9 nitrogen and oxygen atoms in total. The maximum absolute atomic E-state index is 14.3. The van der Waals surface area contributed by atoms with Gasteiger partial charge in [-0.25, -0.2) is 9.18 Å². The second kappa shape index (κ2) is 8.66. The number of methoxy groups -OCH3 is 1. The van der Waals surface area contributed by atoms with Gasteiger partial charge < -0.3 is 4.74 Å². The third kappa shape index (κ3) is 4.25. The Bertz CT molecular complexity index is 1110. The number of para-hydroxylation sites is 1. The van der Waals surface area contributed by atoms with E-state index in [2.05, 4.69) is 9.73 Å². The number of thioether (sulfide) groups is 1. The minimum absolute atomic E-state index is 0.0278. The number of carbonyl (C=O) groups is 3. The Kier molecular flexibility index (Phi) is 6.02. The molecule has 0 aromatic heterocycles. The minimum Gasteiger partial charge on any atom is -0.466 e. The fraction of sp³-hybridized carbons (Fsp3) is 0.0526. The van der Waals surface area contributed by atoms with Crippen molar-refractivity contribution in [2.75, 3.05) is 12.0 Å². The lowest BCUT2D eigenvalue weighted by Crippen LogP contribution is -2.30. The zero-order chi connectivity index (χ0) is 21.8. The highest BCUT2D eigenvalue weighted by atomic mass is 32.2. The molecule has 152 valence electrons. The number of benzene rings is 2. The summed E-state index contributed by atoms with van der Waals surface area (Å²) in [5.74, 6) is -3.10. The zero-order valence-electron chi connectivity index (χ0n) is 15.3. The molecule has 1 aliphatic heterocycles. The quantitative estimate of drug-likeness (QED) is 0.317. The number of anilines is 1. The maximum Gasteiger partial charge on any atom is 0.331 e. The molecule has 3 rings (SSSR count). The average Bonchev–Trinajstić information content (AvgIpc) is 3.02. The number of nitrogens with zero attached hydrogens (tertiary/aromatic N) is 3. The predicted octanol–water partition coefficient (Wildman–Crippen LogP) is 3.07. The van der Waals surface area contributed by atoms with E-state index in [1.165, 1.54) is 30.3 Å². The number of ether oxygens (including phenoxy) is 1. The Morgan fingerprint density at radius 1 is 1.20 bits per heavy atom. The number of hydrogen-bond acceptors (Lipinski definition) is 7. The Morgan fingerprint density at radius 3 is 2.47 bits per heavy atom. The molecule has 1 heterocycles. The lowest BCUT2D eigenvalue weighted by molar-refractivity contribution is -0.384. The van der Waals surface area contributed by atoms with Crippen LogP contribution in [0.15, 0.2) is 64.5 Å². The van der Waals surface area contributed by atoms with Crippen LogP contribution < -0.4 is 4.90 Å². The Labute approximate surface area is 173 Å². The predicted molar refractivity (Wildman–Crippen MR) is 106 cm³/mol. The van der Waals surface area contributed by atoms with Crippen LogP contribution in [0, 0.1) is 15.9 Å². The molecule has 1 aliphatic rings. The number of nitro groups is 1. The van der Waals surface area contributed by atoms with E-state index in [4.69, 9.17) is 0 Å². The van der Waals surface area contributed by atoms with Gasteiger partial charge in [0, 0.05) is 23.8 Å². The van der Waals surface area contributed by atoms with Gasteiger partial charge in [0.05, 0.1) is 22.6 Å². The molecule has 11 heteroatoms. The smallest absolute Gasteiger partial charge is 0.331 e. The number of amidine groups is 1. The molecule has 30 heavy (non-hydrogen) atoms. The van der Waals surface area contributed by atoms with Crippen LogP contribution in [0.5, 0.6) is 0 Å². The number of halogens is 1. The van der Waals surface area contributed by atoms with E-state index < -0.39 is 28.5 Å². The molecule has 0 N–H and O–H groups in total. The lowest BCUT2D eigenvalue weighted by Gasteiger charge is -2.16. The normalized spacial score (nSPS) is 16.2. The summed E-state index contributed by atoms with van der Waals surface area (Å²) in [6, 6.07) is 10.1. The van der Waals surface area contributed by atoms with Gasteiger partial charge in [0.2, 0.25) is 0 Å². The van der Waals surface area contributed by atoms with Crippen LogP contribution in [0.1, 0.15) is 10.4 Å². The van der Waals surface area contributed by atoms with Crippen LogP contribution in [0.3, 0.4) is 0 Å². The first-order valence-corrected chi connectivity index (χ1v) is 9.07. The zero-order valence-corrected chi connectivity index (χ0v) is 16.1. The van der Waals surface area contributed by atoms with Crippen molar-refractivity contribution in [1.29, 1.82) is 0 Å². The van der Waals surface area contributed by atoms with Crippen LogP contribution in [0.2, 0.25) is 0 Å². The van der Waals surface area contributed by atoms with Crippen molar-refractivity contribution in [2.45, 2.75) is 0 Å². The molecular weight excluding hydrogens is 417 g/mol. The van der Waals surface area contributed by atoms with E-state index in [1.54, 1.807) is 0 Å². The molecule has 0 atom stereocenters. The molecule has 0 spiro atoms. The standard InChI is InChI=1S/C19H12FN3O6S/c1-29-16(24)10-15-18(26)22(14-5-3-2-4-13(14)20)19(30-15)21-17(25)11-6-8-12(9-7-11)23(27)28/h2-10H,1H3/b15-10+,21-19?. The van der Waals surface area contributed by atoms with Crippen molar-refractivity contribution in [2.24, 2.45) is 4.99 Å². The van der Waals surface area contributed by atoms with Crippen LogP contribution in [0.25, 0.3) is 0 Å². The van der Waals surface area contributed by atoms with Gasteiger partial charge in [0.15, 0.2) is 5.17 Å². The molecular formula is C19H12FN3O6S. The van der Waals surface area contributed by atoms with E-state index in [9.17, 15) is 28.9 Å². The average molecular weight is 429 g/mol. The summed E-state index contributed by atoms with van der Waals surface area (Å²) in [4.78, 5) is 51.6. The first-order chi connectivity index (χ1) is 14.3. The van der Waals surface area contributed by atoms with E-state index in [0.717, 1.165) is 36.3 Å². The molecule has 2 amide bonds. The molecule has 2 aromatic rings. The van der Waals surface area contributed by atoms with Crippen LogP contribution in [-0.4, -0.2) is 35.0 Å². The highest BCUT2D eigenvalue weighted by Gasteiger charge is 2.37. The van der Waals surface area contributed by atoms with Crippen molar-refractivity contribution in [3.05, 3.63) is 81.0 Å². The van der Waals surface area contributed by atoms with Crippen molar-refractivity contribution in [1.82, 2.24) is 0 Å². The van der Waals surface area contributed by atoms with E-state index in [0.29, 0.717) is 11.8 Å². The van der Waals surface area contributed by atoms with Crippen LogP contribution in [0.4, 0.5) is 15.8 Å². The van der Waals surface area contributed by atoms with Crippen LogP contribution in [-0.2, 0) is 14.3 Å². The van der Waals surface area contributed by atoms with Crippen molar-refractivity contribution < 1.29 is 28.4 Å². The Balaban J connectivity index is 2.02. The van der Waals surface area contributed by atoms with Gasteiger partial charge in [-0.2, -0.15) is 4.99 Å². The second-order valence-electron chi connectivity index (χ2n) is 5.73. The topological polar surface area (TPSA) is 119 Å². The third-order valence-corrected chi connectivity index (χ3v) is 4.84. The number of rotatable bonds is 4. The number of esters is 1. The fourth-order valence-electron chi connectivity index (χ4n) is 2.44. The number of nitro benzene ring substituents is 1. The van der Waals surface area contributed by atoms with Crippen LogP contribution >= 0.6 is 11.8 Å². The molecule has 0 saturated carbocycles. The summed E-state index contributed by atoms with van der Waals surface area (Å²) in [5, 5.41) is 10.6. The summed E-state index contributed by atoms with van der Waals surface area (Å²) in [7, 11) is 1.13. The van der Waals surface area contributed by atoms with Gasteiger partial charge in [-0.05, 0) is 36.0 Å². The molecule has 0 unspecified atom stereocenters. The van der Waals surface area contributed by atoms with Gasteiger partial charge in [0.1, 0.15) is 5.82 Å². The highest BCUT2D eigenvalue weighted by molar-refractivity contribution is 8.19. The SMILES string of the molecule is COC(=O)/C=C1/SC(=NC(=O)c2ccc([N+](=O)[O-])cc2)N(c2ccccc2F)C1=O. The molecule has 1 fully saturated rings. The fourth-order valence-corrected chi connectivity index (χ4v) is 3.37. The number of amides is 2. The molecule has 1 saturated heterocycles. The van der Waals surface area contributed by atoms with Crippen molar-refractivity contribution >= 4 is 46.1 Å². The Hall–Kier alpha value is -3.86. The summed E-state index contributed by atoms with van der Waals surface area (Å²) in [6.07, 6.45) is 0.916. The molecule has 2 aromatic carbocycles. The summed E-state index contributed by atoms with van der Waals surface area (Å²) in [5.41, 5.74) is -0.334. The lowest BCUT2D eigenvalue weighted by atomic mass is 10.2. The number of non-ortho nitro benzene ring substituents is 1. The van der Waals surface area contributed by atoms with E-state index >= 15 is 0 Å². The minimum atomic E-state index is -0.805. The summed E-state index contributed by atoms with van der Waals surface area (Å²) in [6.45, 7) is 0. The molecule has 0 radical (unpaired) electrons. The highest BCUT2D eigenvalue weighted by Crippen LogP contribution is 2.36. The van der Waals surface area contributed by atoms with Gasteiger partial charge in [-0.1, -0.05) is 12.1 Å². The first kappa shape index (κ1) is 20.9. The first-order valence-electron chi connectivity index (χ1n) is 8.25.